The lowest BCUT2D eigenvalue weighted by atomic mass is 9.87. The maximum Gasteiger partial charge on any atom is 0.274 e. The second kappa shape index (κ2) is 20.0. The molecule has 318 valence electrons. The standard InChI is InChI=1S/C27H46N7O18P3S/c1-5-15(14(2)35)26(40)56-9-8-29-17(36)6-7-30-24(39)21(38)27(3,4)11-49-55(46,47)52-54(44,45)48-10-16-20(51-53(41,42)43)19(37)25(50-16)34-13-33-18-22(28)31-12-32-23(18)34/h12-16,19-21,25,35,37-38H,5-11H2,1-4H3,(H,29,36)(H,30,39)(H,44,45)(H,46,47)(H2,28,31,32)(H2,41,42,43)/p-4/t14-,15-,16?,19?,20?,21?,25?/m1/s1. The minimum atomic E-state index is -5.92. The number of phosphoric ester groups is 3. The first-order chi connectivity index (χ1) is 25.9. The minimum absolute atomic E-state index is 0.0259. The Labute approximate surface area is 323 Å². The van der Waals surface area contributed by atoms with Crippen molar-refractivity contribution in [2.75, 3.05) is 37.8 Å². The van der Waals surface area contributed by atoms with Crippen molar-refractivity contribution in [3.63, 3.8) is 0 Å². The average Bonchev–Trinajstić information content (AvgIpc) is 3.64. The van der Waals surface area contributed by atoms with Crippen LogP contribution in [0.2, 0.25) is 0 Å². The minimum Gasteiger partial charge on any atom is -0.790 e. The molecular weight excluding hydrogens is 835 g/mol. The number of aromatic nitrogens is 4. The Balaban J connectivity index is 1.49. The number of hydrogen-bond donors (Lipinski definition) is 6. The number of nitrogens with two attached hydrogens (primary N) is 1. The number of hydrogen-bond acceptors (Lipinski definition) is 23. The molecule has 56 heavy (non-hydrogen) atoms. The number of ether oxygens (including phenoxy) is 1. The Kier molecular flexibility index (Phi) is 17.1. The number of aliphatic hydroxyl groups is 3. The van der Waals surface area contributed by atoms with Gasteiger partial charge in [0.15, 0.2) is 22.8 Å². The van der Waals surface area contributed by atoms with E-state index in [9.17, 15) is 63.0 Å². The first-order valence-corrected chi connectivity index (χ1v) is 21.9. The first kappa shape index (κ1) is 47.9. The predicted octanol–water partition coefficient (Wildman–Crippen LogP) is -3.46. The van der Waals surface area contributed by atoms with E-state index < -0.39 is 96.6 Å². The molecule has 0 aromatic carbocycles. The van der Waals surface area contributed by atoms with Crippen molar-refractivity contribution in [1.82, 2.24) is 30.2 Å². The van der Waals surface area contributed by atoms with E-state index in [-0.39, 0.29) is 47.4 Å². The van der Waals surface area contributed by atoms with Crippen molar-refractivity contribution < 1.29 is 85.6 Å². The SMILES string of the molecule is CC[C@@H](C(=O)SCCNC(=O)CCNC(=O)C(O)C(C)(C)COP(=O)([O-])OP(=O)([O-])OCC1OC(n2cnc3c(N)ncnc32)C(O)C1OP(=O)([O-])[O-])[C@@H](C)O. The molecule has 2 amide bonds. The van der Waals surface area contributed by atoms with Gasteiger partial charge in [-0.3, -0.25) is 28.1 Å². The van der Waals surface area contributed by atoms with Crippen LogP contribution in [-0.4, -0.2) is 114 Å². The van der Waals surface area contributed by atoms with Crippen LogP contribution in [-0.2, 0) is 50.7 Å². The fourth-order valence-electron chi connectivity index (χ4n) is 5.07. The molecule has 1 fully saturated rings. The average molecular weight is 878 g/mol. The summed E-state index contributed by atoms with van der Waals surface area (Å²) >= 11 is 0.960. The fraction of sp³-hybridized carbons (Fsp3) is 0.704. The molecule has 1 aliphatic rings. The lowest BCUT2D eigenvalue weighted by Gasteiger charge is -2.36. The quantitative estimate of drug-likeness (QED) is 0.0494. The molecule has 0 spiro atoms. The van der Waals surface area contributed by atoms with E-state index in [2.05, 4.69) is 43.5 Å². The number of imidazole rings is 1. The summed E-state index contributed by atoms with van der Waals surface area (Å²) in [5.74, 6) is -1.89. The summed E-state index contributed by atoms with van der Waals surface area (Å²) < 4.78 is 60.4. The van der Waals surface area contributed by atoms with Crippen LogP contribution in [0.1, 0.15) is 46.8 Å². The second-order valence-electron chi connectivity index (χ2n) is 12.9. The van der Waals surface area contributed by atoms with Gasteiger partial charge >= 0.3 is 0 Å². The van der Waals surface area contributed by atoms with Crippen molar-refractivity contribution in [1.29, 1.82) is 0 Å². The molecule has 0 radical (unpaired) electrons. The number of carbonyl (C=O) groups excluding carboxylic acids is 3. The third kappa shape index (κ3) is 13.8. The van der Waals surface area contributed by atoms with Gasteiger partial charge in [0.05, 0.1) is 39.4 Å². The van der Waals surface area contributed by atoms with Gasteiger partial charge in [-0.25, -0.2) is 19.3 Å². The number of nitrogens with zero attached hydrogens (tertiary/aromatic N) is 4. The highest BCUT2D eigenvalue weighted by Crippen LogP contribution is 2.56. The third-order valence-electron chi connectivity index (χ3n) is 8.05. The summed E-state index contributed by atoms with van der Waals surface area (Å²) in [5.41, 5.74) is 4.04. The Hall–Kier alpha value is -2.48. The Morgan fingerprint density at radius 2 is 1.73 bits per heavy atom. The van der Waals surface area contributed by atoms with Gasteiger partial charge in [-0.15, -0.1) is 0 Å². The number of thioether (sulfide) groups is 1. The van der Waals surface area contributed by atoms with Gasteiger partial charge in [0.25, 0.3) is 15.6 Å². The largest absolute Gasteiger partial charge is 0.790 e. The van der Waals surface area contributed by atoms with E-state index in [1.807, 2.05) is 0 Å². The van der Waals surface area contributed by atoms with E-state index in [4.69, 9.17) is 10.5 Å². The Morgan fingerprint density at radius 3 is 2.36 bits per heavy atom. The van der Waals surface area contributed by atoms with Gasteiger partial charge in [0.1, 0.15) is 36.3 Å². The molecule has 0 aliphatic carbocycles. The number of nitrogens with one attached hydrogen (secondary N) is 2. The number of carbonyl (C=O) groups is 3. The van der Waals surface area contributed by atoms with Crippen molar-refractivity contribution >= 4 is 69.1 Å². The number of rotatable bonds is 22. The summed E-state index contributed by atoms with van der Waals surface area (Å²) in [6.45, 7) is 3.24. The fourth-order valence-corrected chi connectivity index (χ4v) is 8.79. The van der Waals surface area contributed by atoms with Crippen LogP contribution < -0.4 is 35.9 Å². The highest BCUT2D eigenvalue weighted by atomic mass is 32.2. The topological polar surface area (TPSA) is 395 Å². The molecule has 25 nitrogen and oxygen atoms in total. The molecule has 2 aromatic rings. The van der Waals surface area contributed by atoms with Crippen molar-refractivity contribution in [3.05, 3.63) is 12.7 Å². The molecule has 2 aromatic heterocycles. The maximum absolute atomic E-state index is 12.5. The van der Waals surface area contributed by atoms with E-state index >= 15 is 0 Å². The van der Waals surface area contributed by atoms with E-state index in [0.29, 0.717) is 6.42 Å². The van der Waals surface area contributed by atoms with E-state index in [0.717, 1.165) is 29.0 Å². The first-order valence-electron chi connectivity index (χ1n) is 16.5. The number of fused-ring (bicyclic) bond motifs is 1. The van der Waals surface area contributed by atoms with Crippen LogP contribution >= 0.6 is 35.2 Å². The normalized spacial score (nSPS) is 22.8. The van der Waals surface area contributed by atoms with Gasteiger partial charge < -0.3 is 74.1 Å². The zero-order valence-electron chi connectivity index (χ0n) is 30.2. The Morgan fingerprint density at radius 1 is 1.07 bits per heavy atom. The van der Waals surface area contributed by atoms with Crippen LogP contribution in [0.15, 0.2) is 12.7 Å². The number of amides is 2. The zero-order chi connectivity index (χ0) is 42.2. The number of aliphatic hydroxyl groups excluding tert-OH is 3. The third-order valence-corrected chi connectivity index (χ3v) is 12.1. The van der Waals surface area contributed by atoms with Gasteiger partial charge in [-0.2, -0.15) is 0 Å². The van der Waals surface area contributed by atoms with Gasteiger partial charge in [-0.1, -0.05) is 32.5 Å². The monoisotopic (exact) mass is 877 g/mol. The predicted molar refractivity (Wildman–Crippen MR) is 184 cm³/mol. The number of nitrogen functional groups attached to an aromatic ring is 1. The summed E-state index contributed by atoms with van der Waals surface area (Å²) in [5, 5.41) is 35.6. The second-order valence-corrected chi connectivity index (χ2v) is 18.1. The Bertz CT molecular complexity index is 1830. The smallest absolute Gasteiger partial charge is 0.274 e. The molecule has 7 N–H and O–H groups in total. The highest BCUT2D eigenvalue weighted by molar-refractivity contribution is 8.13. The molecule has 3 heterocycles. The molecule has 29 heteroatoms. The van der Waals surface area contributed by atoms with Crippen molar-refractivity contribution in [2.24, 2.45) is 11.3 Å². The number of phosphoric acid groups is 3. The van der Waals surface area contributed by atoms with Crippen molar-refractivity contribution in [2.45, 2.75) is 77.3 Å². The summed E-state index contributed by atoms with van der Waals surface area (Å²) in [7, 11) is -17.6. The van der Waals surface area contributed by atoms with Crippen LogP contribution in [0.4, 0.5) is 5.82 Å². The molecular formula is C27H42N7O18P3S-4. The highest BCUT2D eigenvalue weighted by Gasteiger charge is 2.47. The van der Waals surface area contributed by atoms with Crippen LogP contribution in [0, 0.1) is 11.3 Å². The molecule has 3 rings (SSSR count). The van der Waals surface area contributed by atoms with Crippen LogP contribution in [0.25, 0.3) is 11.2 Å². The molecule has 9 atom stereocenters. The lowest BCUT2D eigenvalue weighted by molar-refractivity contribution is -0.347. The molecule has 7 unspecified atom stereocenters. The number of anilines is 1. The molecule has 0 saturated carbocycles. The van der Waals surface area contributed by atoms with Gasteiger partial charge in [-0.05, 0) is 13.3 Å². The van der Waals surface area contributed by atoms with Crippen molar-refractivity contribution in [3.8, 4) is 0 Å². The maximum atomic E-state index is 12.5. The van der Waals surface area contributed by atoms with Crippen LogP contribution in [0.3, 0.4) is 0 Å². The van der Waals surface area contributed by atoms with Crippen LogP contribution in [0.5, 0.6) is 0 Å². The van der Waals surface area contributed by atoms with E-state index in [1.54, 1.807) is 6.92 Å². The summed E-state index contributed by atoms with van der Waals surface area (Å²) in [4.78, 5) is 96.1. The molecule has 1 saturated heterocycles. The lowest BCUT2D eigenvalue weighted by Crippen LogP contribution is -2.46. The van der Waals surface area contributed by atoms with Gasteiger partial charge in [0, 0.05) is 30.7 Å². The summed E-state index contributed by atoms with van der Waals surface area (Å²) in [6.07, 6.45) is -8.01. The zero-order valence-corrected chi connectivity index (χ0v) is 33.7. The molecule has 1 aliphatic heterocycles. The van der Waals surface area contributed by atoms with E-state index in [1.165, 1.54) is 20.8 Å². The summed E-state index contributed by atoms with van der Waals surface area (Å²) in [6, 6.07) is 0. The molecule has 0 bridgehead atoms. The van der Waals surface area contributed by atoms with Gasteiger partial charge in [0.2, 0.25) is 11.8 Å².